The van der Waals surface area contributed by atoms with Gasteiger partial charge in [-0.05, 0) is 0 Å². The molecule has 0 saturated carbocycles. The Morgan fingerprint density at radius 2 is 2.31 bits per heavy atom. The highest BCUT2D eigenvalue weighted by atomic mass is 32.1. The summed E-state index contributed by atoms with van der Waals surface area (Å²) in [5, 5.41) is 11.0. The van der Waals surface area contributed by atoms with Crippen molar-refractivity contribution in [1.29, 1.82) is 0 Å². The highest BCUT2D eigenvalue weighted by molar-refractivity contribution is 6.95. The normalized spacial score (nSPS) is 10.8. The van der Waals surface area contributed by atoms with Crippen LogP contribution in [0.15, 0.2) is 9.59 Å². The van der Waals surface area contributed by atoms with Crippen LogP contribution in [0.1, 0.15) is 0 Å². The molecule has 0 aromatic carbocycles. The van der Waals surface area contributed by atoms with E-state index in [2.05, 4.69) is 4.37 Å². The zero-order valence-electron chi connectivity index (χ0n) is 6.47. The molecule has 13 heavy (non-hydrogen) atoms. The van der Waals surface area contributed by atoms with Crippen molar-refractivity contribution in [3.63, 3.8) is 0 Å². The fourth-order valence-corrected chi connectivity index (χ4v) is 1.59. The van der Waals surface area contributed by atoms with Gasteiger partial charge in [-0.3, -0.25) is 14.3 Å². The summed E-state index contributed by atoms with van der Waals surface area (Å²) in [5.74, 6) is 0. The van der Waals surface area contributed by atoms with E-state index in [1.807, 2.05) is 4.98 Å². The standard InChI is InChI=1S/C5H4N4O3S/c1-8-3-2(9(12)13-7-3)4(10)6-5(8)11/h1H3,(H,6,10,11). The van der Waals surface area contributed by atoms with Gasteiger partial charge in [0.05, 0.1) is 0 Å². The SMILES string of the molecule is Cn1c(=O)[nH]c(=O)c2c1ns[n+]2[O-]. The van der Waals surface area contributed by atoms with Crippen LogP contribution in [0.4, 0.5) is 0 Å². The van der Waals surface area contributed by atoms with Gasteiger partial charge in [-0.2, -0.15) is 4.12 Å². The maximum atomic E-state index is 11.1. The molecular formula is C5H4N4O3S. The molecule has 2 aromatic rings. The molecule has 2 heterocycles. The maximum absolute atomic E-state index is 11.1. The fourth-order valence-electron chi connectivity index (χ4n) is 0.982. The molecule has 0 fully saturated rings. The zero-order chi connectivity index (χ0) is 9.59. The summed E-state index contributed by atoms with van der Waals surface area (Å²) >= 11 is 0.586. The Morgan fingerprint density at radius 3 is 3.00 bits per heavy atom. The molecular weight excluding hydrogens is 196 g/mol. The summed E-state index contributed by atoms with van der Waals surface area (Å²) in [6.45, 7) is 0. The number of aromatic amines is 1. The van der Waals surface area contributed by atoms with Gasteiger partial charge in [0, 0.05) is 11.4 Å². The first kappa shape index (κ1) is 7.92. The molecule has 0 aliphatic rings. The summed E-state index contributed by atoms with van der Waals surface area (Å²) in [7, 11) is 1.43. The Bertz CT molecular complexity index is 579. The molecule has 1 N–H and O–H groups in total. The summed E-state index contributed by atoms with van der Waals surface area (Å²) in [6, 6.07) is 0. The molecule has 0 amide bonds. The smallest absolute Gasteiger partial charge is 0.331 e. The van der Waals surface area contributed by atoms with E-state index in [9.17, 15) is 14.8 Å². The van der Waals surface area contributed by atoms with Crippen molar-refractivity contribution in [2.24, 2.45) is 7.05 Å². The number of nitrogens with zero attached hydrogens (tertiary/aromatic N) is 3. The van der Waals surface area contributed by atoms with Gasteiger partial charge in [0.25, 0.3) is 17.2 Å². The first-order valence-electron chi connectivity index (χ1n) is 3.30. The lowest BCUT2D eigenvalue weighted by Gasteiger charge is -1.93. The lowest BCUT2D eigenvalue weighted by Crippen LogP contribution is -2.34. The number of fused-ring (bicyclic) bond motifs is 1. The van der Waals surface area contributed by atoms with E-state index in [1.165, 1.54) is 7.05 Å². The number of aryl methyl sites for hydroxylation is 1. The first-order chi connectivity index (χ1) is 6.11. The number of hydrogen-bond donors (Lipinski definition) is 1. The van der Waals surface area contributed by atoms with Gasteiger partial charge >= 0.3 is 16.9 Å². The maximum Gasteiger partial charge on any atom is 0.331 e. The van der Waals surface area contributed by atoms with Gasteiger partial charge in [-0.1, -0.05) is 0 Å². The second kappa shape index (κ2) is 2.39. The second-order valence-electron chi connectivity index (χ2n) is 2.42. The molecule has 0 bridgehead atoms. The van der Waals surface area contributed by atoms with Gasteiger partial charge in [0.1, 0.15) is 0 Å². The highest BCUT2D eigenvalue weighted by Gasteiger charge is 2.17. The van der Waals surface area contributed by atoms with Gasteiger partial charge in [0.2, 0.25) is 0 Å². The van der Waals surface area contributed by atoms with E-state index in [4.69, 9.17) is 0 Å². The molecule has 0 radical (unpaired) electrons. The number of nitrogens with one attached hydrogen (secondary N) is 1. The average molecular weight is 200 g/mol. The Morgan fingerprint density at radius 1 is 1.62 bits per heavy atom. The van der Waals surface area contributed by atoms with E-state index < -0.39 is 11.2 Å². The summed E-state index contributed by atoms with van der Waals surface area (Å²) in [4.78, 5) is 24.1. The van der Waals surface area contributed by atoms with Crippen LogP contribution in [0, 0.1) is 5.21 Å². The van der Waals surface area contributed by atoms with Crippen LogP contribution in [0.25, 0.3) is 11.2 Å². The van der Waals surface area contributed by atoms with Crippen LogP contribution in [-0.2, 0) is 7.05 Å². The van der Waals surface area contributed by atoms with E-state index in [-0.39, 0.29) is 11.2 Å². The zero-order valence-corrected chi connectivity index (χ0v) is 7.29. The number of aromatic nitrogens is 4. The molecule has 2 rings (SSSR count). The third kappa shape index (κ3) is 0.952. The molecule has 0 atom stereocenters. The van der Waals surface area contributed by atoms with Crippen LogP contribution < -0.4 is 15.4 Å². The number of H-pyrrole nitrogens is 1. The lowest BCUT2D eigenvalue weighted by molar-refractivity contribution is -0.501. The highest BCUT2D eigenvalue weighted by Crippen LogP contribution is 1.98. The van der Waals surface area contributed by atoms with E-state index in [0.717, 1.165) is 4.57 Å². The van der Waals surface area contributed by atoms with Crippen LogP contribution in [0.3, 0.4) is 0 Å². The van der Waals surface area contributed by atoms with Crippen molar-refractivity contribution in [3.05, 3.63) is 26.0 Å². The van der Waals surface area contributed by atoms with Gasteiger partial charge < -0.3 is 5.21 Å². The fraction of sp³-hybridized carbons (Fsp3) is 0.200. The predicted molar refractivity (Wildman–Crippen MR) is 44.4 cm³/mol. The first-order valence-corrected chi connectivity index (χ1v) is 4.03. The largest absolute Gasteiger partial charge is 0.700 e. The van der Waals surface area contributed by atoms with Crippen molar-refractivity contribution < 1.29 is 4.12 Å². The topological polar surface area (TPSA) is 94.7 Å². The van der Waals surface area contributed by atoms with Gasteiger partial charge in [0.15, 0.2) is 0 Å². The number of hydrogen-bond acceptors (Lipinski definition) is 5. The summed E-state index contributed by atoms with van der Waals surface area (Å²) in [6.07, 6.45) is 0. The quantitative estimate of drug-likeness (QED) is 0.405. The van der Waals surface area contributed by atoms with Crippen molar-refractivity contribution >= 4 is 22.9 Å². The molecule has 0 aliphatic carbocycles. The predicted octanol–water partition coefficient (Wildman–Crippen LogP) is -1.68. The number of rotatable bonds is 0. The monoisotopic (exact) mass is 200 g/mol. The Hall–Kier alpha value is -1.70. The summed E-state index contributed by atoms with van der Waals surface area (Å²) in [5.41, 5.74) is -1.31. The Labute approximate surface area is 74.8 Å². The van der Waals surface area contributed by atoms with Crippen LogP contribution in [0.2, 0.25) is 0 Å². The molecule has 0 spiro atoms. The van der Waals surface area contributed by atoms with Crippen molar-refractivity contribution in [2.75, 3.05) is 0 Å². The molecule has 8 heteroatoms. The van der Waals surface area contributed by atoms with E-state index in [0.29, 0.717) is 15.8 Å². The average Bonchev–Trinajstić information content (AvgIpc) is 2.44. The van der Waals surface area contributed by atoms with Gasteiger partial charge in [-0.25, -0.2) is 4.79 Å². The van der Waals surface area contributed by atoms with Crippen molar-refractivity contribution in [3.8, 4) is 0 Å². The minimum Gasteiger partial charge on any atom is -0.700 e. The third-order valence-corrected chi connectivity index (χ3v) is 2.24. The molecule has 0 unspecified atom stereocenters. The van der Waals surface area contributed by atoms with E-state index in [1.54, 1.807) is 0 Å². The molecule has 7 nitrogen and oxygen atoms in total. The molecule has 0 aliphatic heterocycles. The minimum atomic E-state index is -0.707. The van der Waals surface area contributed by atoms with Gasteiger partial charge in [-0.15, -0.1) is 0 Å². The van der Waals surface area contributed by atoms with Crippen LogP contribution >= 0.6 is 11.7 Å². The second-order valence-corrected chi connectivity index (χ2v) is 3.10. The molecule has 0 saturated heterocycles. The van der Waals surface area contributed by atoms with Crippen molar-refractivity contribution in [2.45, 2.75) is 0 Å². The summed E-state index contributed by atoms with van der Waals surface area (Å²) < 4.78 is 5.16. The van der Waals surface area contributed by atoms with Crippen LogP contribution in [0.5, 0.6) is 0 Å². The lowest BCUT2D eigenvalue weighted by atomic mass is 10.5. The molecule has 68 valence electrons. The van der Waals surface area contributed by atoms with Crippen LogP contribution in [-0.4, -0.2) is 13.9 Å². The Kier molecular flexibility index (Phi) is 1.46. The minimum absolute atomic E-state index is 0.105. The third-order valence-electron chi connectivity index (χ3n) is 1.65. The van der Waals surface area contributed by atoms with Crippen molar-refractivity contribution in [1.82, 2.24) is 13.9 Å². The molecule has 2 aromatic heterocycles. The Balaban J connectivity index is 3.18. The van der Waals surface area contributed by atoms with E-state index >= 15 is 0 Å².